The summed E-state index contributed by atoms with van der Waals surface area (Å²) in [5.74, 6) is -4.11. The number of carboxylic acids is 1. The zero-order valence-electron chi connectivity index (χ0n) is 14.0. The van der Waals surface area contributed by atoms with Crippen LogP contribution in [0.2, 0.25) is 5.02 Å². The van der Waals surface area contributed by atoms with Gasteiger partial charge in [0.2, 0.25) is 0 Å². The van der Waals surface area contributed by atoms with Gasteiger partial charge in [-0.05, 0) is 25.0 Å². The van der Waals surface area contributed by atoms with Crippen LogP contribution in [0.25, 0.3) is 0 Å². The summed E-state index contributed by atoms with van der Waals surface area (Å²) in [4.78, 5) is 39.2. The normalized spacial score (nSPS) is 10.9. The maximum absolute atomic E-state index is 12.0. The van der Waals surface area contributed by atoms with Gasteiger partial charge in [-0.3, -0.25) is 14.6 Å². The quantitative estimate of drug-likeness (QED) is 0.407. The van der Waals surface area contributed by atoms with Gasteiger partial charge >= 0.3 is 17.9 Å². The maximum Gasteiger partial charge on any atom is 0.337 e. The van der Waals surface area contributed by atoms with E-state index in [0.717, 1.165) is 6.21 Å². The number of hydrogen-bond donors (Lipinski definition) is 1. The van der Waals surface area contributed by atoms with Gasteiger partial charge in [-0.15, -0.1) is 0 Å². The summed E-state index contributed by atoms with van der Waals surface area (Å²) >= 11 is 5.99. The topological polar surface area (TPSA) is 102 Å². The third-order valence-corrected chi connectivity index (χ3v) is 3.37. The number of halogens is 1. The van der Waals surface area contributed by atoms with Crippen LogP contribution in [0.1, 0.15) is 37.0 Å². The first-order valence-electron chi connectivity index (χ1n) is 7.81. The number of aliphatic imine (C=N–C) groups is 1. The molecule has 0 amide bonds. The van der Waals surface area contributed by atoms with Crippen molar-refractivity contribution in [3.63, 3.8) is 0 Å². The molecule has 0 aliphatic carbocycles. The Bertz CT molecular complexity index is 639. The fourth-order valence-electron chi connectivity index (χ4n) is 1.74. The minimum Gasteiger partial charge on any atom is -0.478 e. The molecule has 0 aliphatic heterocycles. The number of aromatic carboxylic acids is 1. The third-order valence-electron chi connectivity index (χ3n) is 2.98. The molecule has 1 aromatic carbocycles. The molecule has 0 radical (unpaired) electrons. The first-order chi connectivity index (χ1) is 11.9. The lowest BCUT2D eigenvalue weighted by atomic mass is 10.1. The number of carbonyl (C=O) groups excluding carboxylic acids is 2. The summed E-state index contributed by atoms with van der Waals surface area (Å²) in [5.41, 5.74) is -0.00636. The molecular formula is C17H20ClNO6. The first-order valence-corrected chi connectivity index (χ1v) is 8.19. The largest absolute Gasteiger partial charge is 0.478 e. The molecule has 0 aliphatic rings. The molecule has 1 rings (SSSR count). The molecule has 136 valence electrons. The van der Waals surface area contributed by atoms with Crippen molar-refractivity contribution in [1.82, 2.24) is 0 Å². The number of rotatable bonds is 9. The van der Waals surface area contributed by atoms with Crippen molar-refractivity contribution in [2.45, 2.75) is 26.7 Å². The summed E-state index contributed by atoms with van der Waals surface area (Å²) in [6.07, 6.45) is 2.26. The molecule has 0 saturated heterocycles. The van der Waals surface area contributed by atoms with Crippen LogP contribution < -0.4 is 0 Å². The van der Waals surface area contributed by atoms with Gasteiger partial charge in [-0.2, -0.15) is 0 Å². The Balaban J connectivity index is 3.05. The molecule has 25 heavy (non-hydrogen) atoms. The molecule has 0 bridgehead atoms. The monoisotopic (exact) mass is 369 g/mol. The van der Waals surface area contributed by atoms with E-state index < -0.39 is 23.8 Å². The van der Waals surface area contributed by atoms with Crippen LogP contribution in [0, 0.1) is 5.92 Å². The Morgan fingerprint density at radius 1 is 1.16 bits per heavy atom. The third kappa shape index (κ3) is 6.19. The Morgan fingerprint density at radius 3 is 2.20 bits per heavy atom. The summed E-state index contributed by atoms with van der Waals surface area (Å²) in [6, 6.07) is 4.26. The molecule has 0 atom stereocenters. The van der Waals surface area contributed by atoms with Crippen molar-refractivity contribution in [3.05, 3.63) is 28.8 Å². The van der Waals surface area contributed by atoms with Crippen molar-refractivity contribution in [1.29, 1.82) is 0 Å². The number of benzene rings is 1. The van der Waals surface area contributed by atoms with Crippen LogP contribution in [-0.4, -0.2) is 42.4 Å². The van der Waals surface area contributed by atoms with Crippen molar-refractivity contribution < 1.29 is 29.0 Å². The Morgan fingerprint density at radius 2 is 1.72 bits per heavy atom. The van der Waals surface area contributed by atoms with E-state index in [-0.39, 0.29) is 29.5 Å². The minimum absolute atomic E-state index is 0.0890. The van der Waals surface area contributed by atoms with Crippen LogP contribution >= 0.6 is 11.6 Å². The average molecular weight is 370 g/mol. The van der Waals surface area contributed by atoms with Gasteiger partial charge in [0.25, 0.3) is 0 Å². The highest BCUT2D eigenvalue weighted by molar-refractivity contribution is 6.36. The van der Waals surface area contributed by atoms with Gasteiger partial charge in [0.15, 0.2) is 5.92 Å². The SMILES string of the molecule is CCCOC(=O)C(C=Nc1cccc(C(=O)O)c1Cl)C(=O)OCCC. The van der Waals surface area contributed by atoms with E-state index in [1.54, 1.807) is 0 Å². The highest BCUT2D eigenvalue weighted by Crippen LogP contribution is 2.28. The van der Waals surface area contributed by atoms with E-state index in [1.807, 2.05) is 13.8 Å². The van der Waals surface area contributed by atoms with Crippen LogP contribution in [0.3, 0.4) is 0 Å². The van der Waals surface area contributed by atoms with Crippen LogP contribution in [0.15, 0.2) is 23.2 Å². The molecule has 0 fully saturated rings. The van der Waals surface area contributed by atoms with Crippen molar-refractivity contribution in [2.24, 2.45) is 10.9 Å². The van der Waals surface area contributed by atoms with Gasteiger partial charge in [-0.25, -0.2) is 4.79 Å². The van der Waals surface area contributed by atoms with E-state index in [9.17, 15) is 14.4 Å². The van der Waals surface area contributed by atoms with Gasteiger partial charge < -0.3 is 14.6 Å². The number of carbonyl (C=O) groups is 3. The predicted octanol–water partition coefficient (Wildman–Crippen LogP) is 3.26. The van der Waals surface area contributed by atoms with E-state index in [4.69, 9.17) is 26.2 Å². The number of esters is 2. The Labute approximate surface area is 150 Å². The molecular weight excluding hydrogens is 350 g/mol. The number of nitrogens with zero attached hydrogens (tertiary/aromatic N) is 1. The number of hydrogen-bond acceptors (Lipinski definition) is 6. The highest BCUT2D eigenvalue weighted by atomic mass is 35.5. The molecule has 1 aromatic rings. The molecule has 8 heteroatoms. The Kier molecular flexibility index (Phi) is 8.63. The fourth-order valence-corrected chi connectivity index (χ4v) is 2.00. The maximum atomic E-state index is 12.0. The summed E-state index contributed by atoms with van der Waals surface area (Å²) in [6.45, 7) is 3.98. The van der Waals surface area contributed by atoms with E-state index >= 15 is 0 Å². The molecule has 7 nitrogen and oxygen atoms in total. The molecule has 0 aromatic heterocycles. The number of ether oxygens (including phenoxy) is 2. The average Bonchev–Trinajstić information content (AvgIpc) is 2.59. The summed E-state index contributed by atoms with van der Waals surface area (Å²) in [5, 5.41) is 8.96. The second-order valence-electron chi connectivity index (χ2n) is 5.03. The van der Waals surface area contributed by atoms with Gasteiger partial charge in [0, 0.05) is 6.21 Å². The lowest BCUT2D eigenvalue weighted by molar-refractivity contribution is -0.158. The first kappa shape index (κ1) is 20.6. The van der Waals surface area contributed by atoms with Crippen LogP contribution in [0.5, 0.6) is 0 Å². The zero-order valence-corrected chi connectivity index (χ0v) is 14.8. The fraction of sp³-hybridized carbons (Fsp3) is 0.412. The van der Waals surface area contributed by atoms with E-state index in [1.165, 1.54) is 18.2 Å². The molecule has 0 unspecified atom stereocenters. The summed E-state index contributed by atoms with van der Waals surface area (Å²) < 4.78 is 9.95. The standard InChI is InChI=1S/C17H20ClNO6/c1-3-8-24-16(22)12(17(23)25-9-4-2)10-19-13-7-5-6-11(14(13)18)15(20)21/h5-7,10,12H,3-4,8-9H2,1-2H3,(H,20,21). The van der Waals surface area contributed by atoms with Crippen molar-refractivity contribution in [2.75, 3.05) is 13.2 Å². The van der Waals surface area contributed by atoms with E-state index in [2.05, 4.69) is 4.99 Å². The summed E-state index contributed by atoms with van der Waals surface area (Å²) in [7, 11) is 0. The Hall–Kier alpha value is -2.41. The molecule has 0 heterocycles. The highest BCUT2D eigenvalue weighted by Gasteiger charge is 2.28. The second-order valence-corrected chi connectivity index (χ2v) is 5.41. The van der Waals surface area contributed by atoms with Gasteiger partial charge in [0.1, 0.15) is 0 Å². The number of carboxylic acid groups (broad SMARTS) is 1. The lowest BCUT2D eigenvalue weighted by Crippen LogP contribution is -2.29. The molecule has 1 N–H and O–H groups in total. The van der Waals surface area contributed by atoms with Crippen molar-refractivity contribution >= 4 is 41.4 Å². The van der Waals surface area contributed by atoms with Gasteiger partial charge in [0.05, 0.1) is 29.5 Å². The predicted molar refractivity (Wildman–Crippen MR) is 92.6 cm³/mol. The van der Waals surface area contributed by atoms with Crippen molar-refractivity contribution in [3.8, 4) is 0 Å². The zero-order chi connectivity index (χ0) is 18.8. The van der Waals surface area contributed by atoms with Crippen LogP contribution in [0.4, 0.5) is 5.69 Å². The van der Waals surface area contributed by atoms with Crippen LogP contribution in [-0.2, 0) is 19.1 Å². The molecule has 0 saturated carbocycles. The lowest BCUT2D eigenvalue weighted by Gasteiger charge is -2.11. The van der Waals surface area contributed by atoms with Gasteiger partial charge in [-0.1, -0.05) is 31.5 Å². The minimum atomic E-state index is -1.34. The second kappa shape index (κ2) is 10.5. The van der Waals surface area contributed by atoms with E-state index in [0.29, 0.717) is 12.8 Å². The molecule has 0 spiro atoms. The smallest absolute Gasteiger partial charge is 0.337 e.